The molecule has 27 heavy (non-hydrogen) atoms. The van der Waals surface area contributed by atoms with Crippen LogP contribution in [0.15, 0.2) is 52.9 Å². The zero-order valence-corrected chi connectivity index (χ0v) is 16.0. The van der Waals surface area contributed by atoms with Gasteiger partial charge < -0.3 is 4.90 Å². The molecule has 2 N–H and O–H groups in total. The van der Waals surface area contributed by atoms with Crippen LogP contribution in [0.5, 0.6) is 0 Å². The molecule has 0 spiro atoms. The summed E-state index contributed by atoms with van der Waals surface area (Å²) in [4.78, 5) is 15.6. The van der Waals surface area contributed by atoms with Crippen molar-refractivity contribution in [2.45, 2.75) is 24.4 Å². The number of hydrogen-bond acceptors (Lipinski definition) is 5. The Morgan fingerprint density at radius 1 is 1.30 bits per heavy atom. The number of carbonyl (C=O) groups excluding carboxylic acids is 1. The van der Waals surface area contributed by atoms with Gasteiger partial charge in [0.15, 0.2) is 0 Å². The molecule has 7 nitrogen and oxygen atoms in total. The molecule has 0 fully saturated rings. The van der Waals surface area contributed by atoms with E-state index < -0.39 is 10.0 Å². The van der Waals surface area contributed by atoms with Crippen molar-refractivity contribution in [3.05, 3.63) is 69.7 Å². The number of aromatic amines is 1. The number of amides is 1. The van der Waals surface area contributed by atoms with Gasteiger partial charge in [-0.1, -0.05) is 12.1 Å². The molecule has 0 atom stereocenters. The SMILES string of the molecule is O=C(c1cccc(S(=O)(=O)NCc2cccs2)c1)N1CCc2[nH]ncc2C1. The number of H-pyrrole nitrogens is 1. The number of hydrogen-bond donors (Lipinski definition) is 2. The monoisotopic (exact) mass is 402 g/mol. The molecule has 3 heterocycles. The first-order chi connectivity index (χ1) is 13.0. The molecule has 3 aromatic rings. The number of fused-ring (bicyclic) bond motifs is 1. The maximum Gasteiger partial charge on any atom is 0.254 e. The minimum atomic E-state index is -3.69. The Hall–Kier alpha value is -2.49. The fraction of sp³-hybridized carbons (Fsp3) is 0.222. The average molecular weight is 403 g/mol. The summed E-state index contributed by atoms with van der Waals surface area (Å²) in [6.45, 7) is 1.27. The summed E-state index contributed by atoms with van der Waals surface area (Å²) in [5.74, 6) is -0.183. The predicted octanol–water partition coefficient (Wildman–Crippen LogP) is 2.15. The standard InChI is InChI=1S/C18H18N4O3S2/c23-18(22-7-6-17-14(12-22)10-19-21-17)13-3-1-5-16(9-13)27(24,25)20-11-15-4-2-8-26-15/h1-5,8-10,20H,6-7,11-12H2,(H,19,21). The minimum Gasteiger partial charge on any atom is -0.334 e. The lowest BCUT2D eigenvalue weighted by Gasteiger charge is -2.26. The average Bonchev–Trinajstić information content (AvgIpc) is 3.37. The smallest absolute Gasteiger partial charge is 0.254 e. The Bertz CT molecular complexity index is 1060. The molecule has 0 aliphatic carbocycles. The molecule has 0 unspecified atom stereocenters. The van der Waals surface area contributed by atoms with Crippen molar-refractivity contribution in [3.8, 4) is 0 Å². The second-order valence-electron chi connectivity index (χ2n) is 6.28. The third-order valence-corrected chi connectivity index (χ3v) is 6.77. The van der Waals surface area contributed by atoms with Gasteiger partial charge in [0, 0.05) is 47.8 Å². The van der Waals surface area contributed by atoms with Crippen LogP contribution in [-0.2, 0) is 29.5 Å². The fourth-order valence-electron chi connectivity index (χ4n) is 3.04. The molecule has 1 amide bonds. The first kappa shape index (κ1) is 17.9. The van der Waals surface area contributed by atoms with E-state index in [4.69, 9.17) is 0 Å². The lowest BCUT2D eigenvalue weighted by atomic mass is 10.1. The molecule has 4 rings (SSSR count). The summed E-state index contributed by atoms with van der Waals surface area (Å²) in [5, 5.41) is 8.84. The number of nitrogens with zero attached hydrogens (tertiary/aromatic N) is 2. The van der Waals surface area contributed by atoms with E-state index in [0.717, 1.165) is 16.1 Å². The molecular weight excluding hydrogens is 384 g/mol. The number of aromatic nitrogens is 2. The highest BCUT2D eigenvalue weighted by Gasteiger charge is 2.24. The Morgan fingerprint density at radius 2 is 2.19 bits per heavy atom. The summed E-state index contributed by atoms with van der Waals surface area (Å²) >= 11 is 1.49. The third kappa shape index (κ3) is 3.80. The number of thiophene rings is 1. The maximum absolute atomic E-state index is 12.8. The van der Waals surface area contributed by atoms with Crippen LogP contribution in [0.25, 0.3) is 0 Å². The van der Waals surface area contributed by atoms with Gasteiger partial charge in [-0.05, 0) is 29.6 Å². The van der Waals surface area contributed by atoms with Crippen LogP contribution < -0.4 is 4.72 Å². The number of carbonyl (C=O) groups is 1. The van der Waals surface area contributed by atoms with Crippen molar-refractivity contribution < 1.29 is 13.2 Å². The zero-order valence-electron chi connectivity index (χ0n) is 14.4. The van der Waals surface area contributed by atoms with Gasteiger partial charge >= 0.3 is 0 Å². The highest BCUT2D eigenvalue weighted by atomic mass is 32.2. The maximum atomic E-state index is 12.8. The molecule has 0 radical (unpaired) electrons. The van der Waals surface area contributed by atoms with Crippen molar-refractivity contribution in [1.82, 2.24) is 19.8 Å². The van der Waals surface area contributed by atoms with Gasteiger partial charge in [0.25, 0.3) is 5.91 Å². The van der Waals surface area contributed by atoms with Gasteiger partial charge in [-0.3, -0.25) is 9.89 Å². The van der Waals surface area contributed by atoms with Crippen LogP contribution >= 0.6 is 11.3 Å². The van der Waals surface area contributed by atoms with Gasteiger partial charge in [0.05, 0.1) is 11.1 Å². The second kappa shape index (κ2) is 7.26. The van der Waals surface area contributed by atoms with E-state index in [2.05, 4.69) is 14.9 Å². The van der Waals surface area contributed by atoms with Crippen molar-refractivity contribution >= 4 is 27.3 Å². The zero-order chi connectivity index (χ0) is 18.9. The highest BCUT2D eigenvalue weighted by Crippen LogP contribution is 2.20. The Balaban J connectivity index is 1.51. The first-order valence-electron chi connectivity index (χ1n) is 8.45. The van der Waals surface area contributed by atoms with E-state index in [1.807, 2.05) is 17.5 Å². The van der Waals surface area contributed by atoms with Crippen LogP contribution in [0.1, 0.15) is 26.5 Å². The number of nitrogens with one attached hydrogen (secondary N) is 2. The number of rotatable bonds is 5. The Kier molecular flexibility index (Phi) is 4.81. The molecule has 1 aliphatic rings. The van der Waals surface area contributed by atoms with Crippen molar-refractivity contribution in [2.24, 2.45) is 0 Å². The Labute approximate surface area is 161 Å². The van der Waals surface area contributed by atoms with Gasteiger partial charge in [0.2, 0.25) is 10.0 Å². The molecular formula is C18H18N4O3S2. The van der Waals surface area contributed by atoms with E-state index in [1.54, 1.807) is 23.2 Å². The highest BCUT2D eigenvalue weighted by molar-refractivity contribution is 7.89. The van der Waals surface area contributed by atoms with Gasteiger partial charge in [-0.15, -0.1) is 11.3 Å². The molecule has 0 bridgehead atoms. The van der Waals surface area contributed by atoms with E-state index in [-0.39, 0.29) is 17.3 Å². The molecule has 140 valence electrons. The fourth-order valence-corrected chi connectivity index (χ4v) is 4.82. The molecule has 0 saturated heterocycles. The summed E-state index contributed by atoms with van der Waals surface area (Å²) in [7, 11) is -3.69. The largest absolute Gasteiger partial charge is 0.334 e. The summed E-state index contributed by atoms with van der Waals surface area (Å²) in [5.41, 5.74) is 2.41. The van der Waals surface area contributed by atoms with E-state index in [9.17, 15) is 13.2 Å². The van der Waals surface area contributed by atoms with Crippen molar-refractivity contribution in [1.29, 1.82) is 0 Å². The molecule has 0 saturated carbocycles. The molecule has 1 aromatic carbocycles. The van der Waals surface area contributed by atoms with Crippen LogP contribution in [0.4, 0.5) is 0 Å². The topological polar surface area (TPSA) is 95.2 Å². The molecule has 9 heteroatoms. The van der Waals surface area contributed by atoms with E-state index in [0.29, 0.717) is 25.1 Å². The number of sulfonamides is 1. The first-order valence-corrected chi connectivity index (χ1v) is 10.8. The summed E-state index contributed by atoms with van der Waals surface area (Å²) in [6.07, 6.45) is 2.44. The molecule has 2 aromatic heterocycles. The Morgan fingerprint density at radius 3 is 3.00 bits per heavy atom. The third-order valence-electron chi connectivity index (χ3n) is 4.50. The van der Waals surface area contributed by atoms with Crippen molar-refractivity contribution in [3.63, 3.8) is 0 Å². The second-order valence-corrected chi connectivity index (χ2v) is 9.08. The number of benzene rings is 1. The summed E-state index contributed by atoms with van der Waals surface area (Å²) < 4.78 is 27.7. The lowest BCUT2D eigenvalue weighted by Crippen LogP contribution is -2.35. The lowest BCUT2D eigenvalue weighted by molar-refractivity contribution is 0.0734. The van der Waals surface area contributed by atoms with Gasteiger partial charge in [-0.2, -0.15) is 5.10 Å². The minimum absolute atomic E-state index is 0.0888. The quantitative estimate of drug-likeness (QED) is 0.684. The predicted molar refractivity (Wildman–Crippen MR) is 102 cm³/mol. The van der Waals surface area contributed by atoms with Crippen LogP contribution in [-0.4, -0.2) is 36.0 Å². The summed E-state index contributed by atoms with van der Waals surface area (Å²) in [6, 6.07) is 9.92. The van der Waals surface area contributed by atoms with E-state index >= 15 is 0 Å². The van der Waals surface area contributed by atoms with Gasteiger partial charge in [-0.25, -0.2) is 13.1 Å². The normalized spacial score (nSPS) is 14.1. The van der Waals surface area contributed by atoms with Crippen molar-refractivity contribution in [2.75, 3.05) is 6.54 Å². The molecule has 1 aliphatic heterocycles. The van der Waals surface area contributed by atoms with Gasteiger partial charge in [0.1, 0.15) is 0 Å². The van der Waals surface area contributed by atoms with E-state index in [1.165, 1.54) is 23.5 Å². The van der Waals surface area contributed by atoms with Crippen LogP contribution in [0.3, 0.4) is 0 Å². The van der Waals surface area contributed by atoms with Crippen LogP contribution in [0.2, 0.25) is 0 Å². The van der Waals surface area contributed by atoms with Crippen LogP contribution in [0, 0.1) is 0 Å².